The number of amides is 1. The van der Waals surface area contributed by atoms with Gasteiger partial charge in [-0.2, -0.15) is 0 Å². The third-order valence-corrected chi connectivity index (χ3v) is 3.23. The van der Waals surface area contributed by atoms with E-state index < -0.39 is 11.6 Å². The van der Waals surface area contributed by atoms with E-state index in [0.29, 0.717) is 6.54 Å². The van der Waals surface area contributed by atoms with Crippen LogP contribution in [0.2, 0.25) is 0 Å². The van der Waals surface area contributed by atoms with Crippen molar-refractivity contribution in [2.75, 3.05) is 13.7 Å². The van der Waals surface area contributed by atoms with Gasteiger partial charge in [0.25, 0.3) is 0 Å². The van der Waals surface area contributed by atoms with E-state index in [4.69, 9.17) is 9.47 Å². The van der Waals surface area contributed by atoms with Crippen molar-refractivity contribution in [3.63, 3.8) is 0 Å². The quantitative estimate of drug-likeness (QED) is 0.692. The molecule has 2 fully saturated rings. The number of piperazine rings is 1. The van der Waals surface area contributed by atoms with Crippen molar-refractivity contribution in [1.82, 2.24) is 10.2 Å². The first-order chi connectivity index (χ1) is 8.31. The average molecular weight is 256 g/mol. The molecule has 0 unspecified atom stereocenters. The third-order valence-electron chi connectivity index (χ3n) is 3.23. The van der Waals surface area contributed by atoms with Crippen molar-refractivity contribution in [3.05, 3.63) is 0 Å². The van der Waals surface area contributed by atoms with Crippen molar-refractivity contribution >= 4 is 12.1 Å². The molecule has 6 nitrogen and oxygen atoms in total. The highest BCUT2D eigenvalue weighted by Crippen LogP contribution is 2.30. The number of hydrogen-bond acceptors (Lipinski definition) is 5. The predicted molar refractivity (Wildman–Crippen MR) is 64.1 cm³/mol. The van der Waals surface area contributed by atoms with Gasteiger partial charge in [0.1, 0.15) is 11.6 Å². The number of likely N-dealkylation sites (tertiary alicyclic amines) is 1. The maximum absolute atomic E-state index is 12.0. The van der Waals surface area contributed by atoms with Gasteiger partial charge in [-0.3, -0.25) is 10.1 Å². The summed E-state index contributed by atoms with van der Waals surface area (Å²) in [6.07, 6.45) is 0.421. The maximum atomic E-state index is 12.0. The van der Waals surface area contributed by atoms with Gasteiger partial charge in [-0.15, -0.1) is 0 Å². The van der Waals surface area contributed by atoms with Crippen molar-refractivity contribution < 1.29 is 19.1 Å². The number of methoxy groups -OCH3 is 1. The molecule has 3 atom stereocenters. The Morgan fingerprint density at radius 2 is 2.00 bits per heavy atom. The highest BCUT2D eigenvalue weighted by atomic mass is 16.6. The maximum Gasteiger partial charge on any atom is 0.410 e. The van der Waals surface area contributed by atoms with Crippen molar-refractivity contribution in [2.24, 2.45) is 0 Å². The van der Waals surface area contributed by atoms with E-state index in [1.165, 1.54) is 7.11 Å². The molecule has 2 saturated heterocycles. The van der Waals surface area contributed by atoms with Crippen LogP contribution in [0.25, 0.3) is 0 Å². The summed E-state index contributed by atoms with van der Waals surface area (Å²) in [6, 6.07) is -0.426. The number of hydrogen-bond donors (Lipinski definition) is 1. The Balaban J connectivity index is 2.04. The number of esters is 1. The topological polar surface area (TPSA) is 67.9 Å². The summed E-state index contributed by atoms with van der Waals surface area (Å²) in [6.45, 7) is 6.08. The molecule has 2 bridgehead atoms. The number of carbonyl (C=O) groups is 2. The molecule has 2 rings (SSSR count). The molecule has 6 heteroatoms. The molecule has 0 aromatic heterocycles. The zero-order valence-electron chi connectivity index (χ0n) is 11.2. The summed E-state index contributed by atoms with van der Waals surface area (Å²) < 4.78 is 10.1. The first kappa shape index (κ1) is 13.1. The van der Waals surface area contributed by atoms with E-state index in [9.17, 15) is 9.59 Å². The van der Waals surface area contributed by atoms with E-state index in [1.54, 1.807) is 4.90 Å². The minimum atomic E-state index is -0.521. The third kappa shape index (κ3) is 2.43. The van der Waals surface area contributed by atoms with Gasteiger partial charge in [0.15, 0.2) is 0 Å². The van der Waals surface area contributed by atoms with Gasteiger partial charge < -0.3 is 14.4 Å². The van der Waals surface area contributed by atoms with E-state index in [0.717, 1.165) is 6.42 Å². The number of rotatable bonds is 1. The van der Waals surface area contributed by atoms with Gasteiger partial charge >= 0.3 is 12.1 Å². The lowest BCUT2D eigenvalue weighted by atomic mass is 10.1. The average Bonchev–Trinajstić information content (AvgIpc) is 2.84. The fraction of sp³-hybridized carbons (Fsp3) is 0.833. The van der Waals surface area contributed by atoms with Gasteiger partial charge in [-0.05, 0) is 27.2 Å². The lowest BCUT2D eigenvalue weighted by Gasteiger charge is -2.33. The molecule has 2 aliphatic rings. The Morgan fingerprint density at radius 1 is 1.33 bits per heavy atom. The van der Waals surface area contributed by atoms with Gasteiger partial charge in [-0.1, -0.05) is 0 Å². The van der Waals surface area contributed by atoms with Crippen LogP contribution in [0, 0.1) is 0 Å². The lowest BCUT2D eigenvalue weighted by molar-refractivity contribution is -0.144. The van der Waals surface area contributed by atoms with Crippen LogP contribution in [-0.4, -0.2) is 54.3 Å². The van der Waals surface area contributed by atoms with Crippen LogP contribution in [0.5, 0.6) is 0 Å². The van der Waals surface area contributed by atoms with Crippen LogP contribution in [-0.2, 0) is 14.3 Å². The zero-order chi connectivity index (χ0) is 13.5. The second-order valence-corrected chi connectivity index (χ2v) is 5.80. The van der Waals surface area contributed by atoms with E-state index >= 15 is 0 Å². The number of ether oxygens (including phenoxy) is 2. The van der Waals surface area contributed by atoms with E-state index in [-0.39, 0.29) is 24.1 Å². The molecule has 1 N–H and O–H groups in total. The highest BCUT2D eigenvalue weighted by molar-refractivity contribution is 5.79. The number of carbonyl (C=O) groups excluding carboxylic acids is 2. The summed E-state index contributed by atoms with van der Waals surface area (Å²) in [7, 11) is 1.35. The monoisotopic (exact) mass is 256 g/mol. The first-order valence-electron chi connectivity index (χ1n) is 6.15. The Morgan fingerprint density at radius 3 is 2.50 bits per heavy atom. The molecule has 0 spiro atoms. The molecular weight excluding hydrogens is 236 g/mol. The summed E-state index contributed by atoms with van der Waals surface area (Å²) in [4.78, 5) is 25.3. The molecule has 1 amide bonds. The highest BCUT2D eigenvalue weighted by Gasteiger charge is 2.51. The van der Waals surface area contributed by atoms with Gasteiger partial charge in [0, 0.05) is 12.6 Å². The molecule has 2 heterocycles. The van der Waals surface area contributed by atoms with Crippen LogP contribution >= 0.6 is 0 Å². The Hall–Kier alpha value is -1.30. The minimum Gasteiger partial charge on any atom is -0.468 e. The smallest absolute Gasteiger partial charge is 0.410 e. The fourth-order valence-corrected chi connectivity index (χ4v) is 2.55. The Kier molecular flexibility index (Phi) is 3.23. The predicted octanol–water partition coefficient (Wildman–Crippen LogP) is 0.509. The number of fused-ring (bicyclic) bond motifs is 2. The van der Waals surface area contributed by atoms with Gasteiger partial charge in [0.05, 0.1) is 13.2 Å². The van der Waals surface area contributed by atoms with Gasteiger partial charge in [-0.25, -0.2) is 4.79 Å². The van der Waals surface area contributed by atoms with Crippen molar-refractivity contribution in [3.8, 4) is 0 Å². The van der Waals surface area contributed by atoms with E-state index in [1.807, 2.05) is 20.8 Å². The van der Waals surface area contributed by atoms with Crippen LogP contribution in [0.3, 0.4) is 0 Å². The lowest BCUT2D eigenvalue weighted by Crippen LogP contribution is -2.57. The fourth-order valence-electron chi connectivity index (χ4n) is 2.55. The number of nitrogens with zero attached hydrogens (tertiary/aromatic N) is 1. The normalized spacial score (nSPS) is 30.4. The standard InChI is InChI=1S/C12H20N2O4/c1-12(2,3)18-11(16)14-6-7-5-8(14)9(13-7)10(15)17-4/h7-9,13H,5-6H2,1-4H3/t7-,8-,9-/m1/s1. The molecule has 0 radical (unpaired) electrons. The largest absolute Gasteiger partial charge is 0.468 e. The summed E-state index contributed by atoms with van der Waals surface area (Å²) in [5.74, 6) is -0.323. The second kappa shape index (κ2) is 4.42. The molecule has 0 saturated carbocycles. The van der Waals surface area contributed by atoms with Crippen molar-refractivity contribution in [1.29, 1.82) is 0 Å². The van der Waals surface area contributed by atoms with Gasteiger partial charge in [0.2, 0.25) is 0 Å². The minimum absolute atomic E-state index is 0.155. The molecule has 0 aromatic rings. The molecular formula is C12H20N2O4. The van der Waals surface area contributed by atoms with E-state index in [2.05, 4.69) is 5.32 Å². The van der Waals surface area contributed by atoms with Crippen LogP contribution in [0.4, 0.5) is 4.79 Å². The molecule has 18 heavy (non-hydrogen) atoms. The first-order valence-corrected chi connectivity index (χ1v) is 6.15. The number of nitrogens with one attached hydrogen (secondary N) is 1. The molecule has 0 aromatic carbocycles. The Labute approximate surface area is 107 Å². The zero-order valence-corrected chi connectivity index (χ0v) is 11.2. The molecule has 2 aliphatic heterocycles. The van der Waals surface area contributed by atoms with Crippen LogP contribution < -0.4 is 5.32 Å². The van der Waals surface area contributed by atoms with Crippen LogP contribution in [0.15, 0.2) is 0 Å². The van der Waals surface area contributed by atoms with Crippen molar-refractivity contribution in [2.45, 2.75) is 50.9 Å². The molecule has 0 aliphatic carbocycles. The van der Waals surface area contributed by atoms with Crippen LogP contribution in [0.1, 0.15) is 27.2 Å². The Bertz CT molecular complexity index is 364. The summed E-state index contributed by atoms with van der Waals surface area (Å²) in [5, 5.41) is 3.16. The second-order valence-electron chi connectivity index (χ2n) is 5.80. The summed E-state index contributed by atoms with van der Waals surface area (Å²) in [5.41, 5.74) is -0.521. The SMILES string of the molecule is COC(=O)[C@@H]1N[C@@H]2C[C@H]1N(C(=O)OC(C)(C)C)C2. The summed E-state index contributed by atoms with van der Waals surface area (Å²) >= 11 is 0. The molecule has 102 valence electrons.